The molecule has 0 aromatic heterocycles. The number of esters is 2. The van der Waals surface area contributed by atoms with Crippen LogP contribution in [0.5, 0.6) is 5.75 Å². The van der Waals surface area contributed by atoms with E-state index in [-0.39, 0.29) is 57.0 Å². The number of carbonyl (C=O) groups excluding carboxylic acids is 10. The van der Waals surface area contributed by atoms with E-state index in [1.165, 1.54) is 61.6 Å². The first-order valence-electron chi connectivity index (χ1n) is 28.0. The maximum atomic E-state index is 15.0. The van der Waals surface area contributed by atoms with Gasteiger partial charge in [0.25, 0.3) is 5.91 Å². The SMILES string of the molecule is CC[C@H](C)[C@H]1NC(=O)[C@@H](NC(=O)[C@@H](CC(C)C)N(C)C(=O)[C@@H]2CCCN2C(=O)[C@H](C)O)[C@@H](C)OC(=O)[C@H](Cc2ccc(OC)cc2)N(C)C(=O)[C@@H]2CCCN2C(=O)[C@H](CC(C)C)NC(=O)[C@@H](C)C(=O)C(C(C)C)OC(=O)C[C@@H]1O. The molecule has 0 aliphatic carbocycles. The largest absolute Gasteiger partial charge is 0.497 e. The van der Waals surface area contributed by atoms with Crippen LogP contribution in [0.25, 0.3) is 0 Å². The Morgan fingerprint density at radius 3 is 2.06 bits per heavy atom. The minimum Gasteiger partial charge on any atom is -0.497 e. The standard InChI is InChI=1S/C57H89N7O15/c1-15-33(8)46-44(66)29-45(67)79-49(32(6)7)48(68)34(9)50(69)58-39(26-30(2)3)54(73)64-25-17-19-41(64)56(75)62(13)43(28-37-20-22-38(77-14)23-21-37)57(76)78-36(11)47(52(71)59-46)60-51(70)42(27-31(4)5)61(12)55(74)40-18-16-24-63(40)53(72)35(10)65/h20-23,30-36,39-44,46-47,49,65-66H,15-19,24-29H2,1-14H3,(H,58,69)(H,59,71)(H,60,70)/t33-,34-,35-,36+,39-,40-,41-,42+,43-,44-,46+,47-,49?/m0/s1. The average molecular weight is 1110 g/mol. The summed E-state index contributed by atoms with van der Waals surface area (Å²) >= 11 is 0. The number of ether oxygens (including phenoxy) is 3. The number of rotatable bonds is 15. The first-order chi connectivity index (χ1) is 37.0. The Labute approximate surface area is 465 Å². The molecule has 0 bridgehead atoms. The van der Waals surface area contributed by atoms with Crippen LogP contribution in [0.15, 0.2) is 24.3 Å². The van der Waals surface area contributed by atoms with Crippen LogP contribution in [0, 0.1) is 29.6 Å². The summed E-state index contributed by atoms with van der Waals surface area (Å²) < 4.78 is 17.2. The molecule has 3 aliphatic heterocycles. The lowest BCUT2D eigenvalue weighted by Gasteiger charge is -2.36. The number of hydrogen-bond donors (Lipinski definition) is 5. The zero-order valence-corrected chi connectivity index (χ0v) is 48.8. The molecule has 22 nitrogen and oxygen atoms in total. The second kappa shape index (κ2) is 29.3. The molecule has 13 atom stereocenters. The number of fused-ring (bicyclic) bond motifs is 1. The molecule has 3 heterocycles. The van der Waals surface area contributed by atoms with Crippen molar-refractivity contribution < 1.29 is 72.4 Å². The van der Waals surface area contributed by atoms with E-state index in [2.05, 4.69) is 16.0 Å². The Balaban J connectivity index is 1.89. The van der Waals surface area contributed by atoms with Gasteiger partial charge in [-0.2, -0.15) is 0 Å². The number of amides is 7. The van der Waals surface area contributed by atoms with E-state index in [9.17, 15) is 53.4 Å². The normalized spacial score (nSPS) is 27.7. The van der Waals surface area contributed by atoms with Gasteiger partial charge >= 0.3 is 11.9 Å². The van der Waals surface area contributed by atoms with E-state index in [0.29, 0.717) is 30.6 Å². The molecule has 7 amide bonds. The van der Waals surface area contributed by atoms with Gasteiger partial charge in [0.2, 0.25) is 35.4 Å². The molecule has 5 N–H and O–H groups in total. The number of aliphatic hydroxyl groups excluding tert-OH is 2. The van der Waals surface area contributed by atoms with Gasteiger partial charge in [-0.05, 0) is 101 Å². The molecule has 4 rings (SSSR count). The molecule has 3 aliphatic rings. The maximum Gasteiger partial charge on any atom is 0.329 e. The third-order valence-electron chi connectivity index (χ3n) is 15.5. The van der Waals surface area contributed by atoms with Gasteiger partial charge in [0.15, 0.2) is 11.9 Å². The maximum absolute atomic E-state index is 15.0. The zero-order valence-electron chi connectivity index (χ0n) is 48.8. The van der Waals surface area contributed by atoms with Crippen molar-refractivity contribution in [2.45, 2.75) is 201 Å². The highest BCUT2D eigenvalue weighted by Crippen LogP contribution is 2.27. The summed E-state index contributed by atoms with van der Waals surface area (Å²) in [6.45, 7) is 18.4. The predicted octanol–water partition coefficient (Wildman–Crippen LogP) is 2.32. The van der Waals surface area contributed by atoms with Crippen molar-refractivity contribution in [3.05, 3.63) is 29.8 Å². The van der Waals surface area contributed by atoms with Crippen LogP contribution in [0.4, 0.5) is 0 Å². The van der Waals surface area contributed by atoms with Gasteiger partial charge in [0, 0.05) is 33.6 Å². The van der Waals surface area contributed by atoms with Gasteiger partial charge in [-0.1, -0.05) is 73.9 Å². The molecule has 0 saturated carbocycles. The number of likely N-dealkylation sites (tertiary alicyclic amines) is 1. The smallest absolute Gasteiger partial charge is 0.329 e. The molecule has 3 saturated heterocycles. The van der Waals surface area contributed by atoms with Gasteiger partial charge in [-0.3, -0.25) is 43.2 Å². The van der Waals surface area contributed by atoms with Crippen LogP contribution in [-0.2, 0) is 63.8 Å². The van der Waals surface area contributed by atoms with Crippen molar-refractivity contribution in [1.82, 2.24) is 35.6 Å². The van der Waals surface area contributed by atoms with Crippen LogP contribution in [-0.4, -0.2) is 190 Å². The number of nitrogens with zero attached hydrogens (tertiary/aromatic N) is 4. The van der Waals surface area contributed by atoms with Gasteiger partial charge in [0.05, 0.1) is 31.6 Å². The molecule has 1 aromatic carbocycles. The van der Waals surface area contributed by atoms with Crippen molar-refractivity contribution in [3.63, 3.8) is 0 Å². The van der Waals surface area contributed by atoms with Crippen molar-refractivity contribution in [1.29, 1.82) is 0 Å². The Hall–Kier alpha value is -6.16. The lowest BCUT2D eigenvalue weighted by Crippen LogP contribution is -2.62. The van der Waals surface area contributed by atoms with E-state index in [1.807, 2.05) is 27.7 Å². The van der Waals surface area contributed by atoms with Crippen molar-refractivity contribution in [2.24, 2.45) is 29.6 Å². The fraction of sp³-hybridized carbons (Fsp3) is 0.719. The van der Waals surface area contributed by atoms with E-state index in [1.54, 1.807) is 52.0 Å². The molecule has 0 radical (unpaired) electrons. The van der Waals surface area contributed by atoms with E-state index >= 15 is 4.79 Å². The van der Waals surface area contributed by atoms with Crippen molar-refractivity contribution in [3.8, 4) is 5.75 Å². The lowest BCUT2D eigenvalue weighted by atomic mass is 9.91. The van der Waals surface area contributed by atoms with Gasteiger partial charge in [0.1, 0.15) is 54.2 Å². The highest BCUT2D eigenvalue weighted by molar-refractivity contribution is 6.05. The topological polar surface area (TPSA) is 288 Å². The highest BCUT2D eigenvalue weighted by atomic mass is 16.6. The summed E-state index contributed by atoms with van der Waals surface area (Å²) in [7, 11) is 4.29. The summed E-state index contributed by atoms with van der Waals surface area (Å²) in [6.07, 6.45) is -4.99. The second-order valence-corrected chi connectivity index (χ2v) is 23.0. The summed E-state index contributed by atoms with van der Waals surface area (Å²) in [5.41, 5.74) is 0.571. The fourth-order valence-electron chi connectivity index (χ4n) is 10.5. The van der Waals surface area contributed by atoms with Gasteiger partial charge in [-0.15, -0.1) is 0 Å². The number of nitrogens with one attached hydrogen (secondary N) is 3. The third kappa shape index (κ3) is 16.9. The number of Topliss-reactive ketones (excluding diaryl/α,β-unsaturated/α-hetero) is 1. The Kier molecular flexibility index (Phi) is 24.3. The monoisotopic (exact) mass is 1110 g/mol. The molecule has 1 unspecified atom stereocenters. The Morgan fingerprint density at radius 1 is 0.861 bits per heavy atom. The number of methoxy groups -OCH3 is 1. The second-order valence-electron chi connectivity index (χ2n) is 23.0. The minimum absolute atomic E-state index is 0.0720. The van der Waals surface area contributed by atoms with E-state index < -0.39 is 150 Å². The number of cyclic esters (lactones) is 2. The molecule has 79 heavy (non-hydrogen) atoms. The van der Waals surface area contributed by atoms with Crippen molar-refractivity contribution in [2.75, 3.05) is 34.3 Å². The number of benzene rings is 1. The van der Waals surface area contributed by atoms with E-state index in [4.69, 9.17) is 14.2 Å². The summed E-state index contributed by atoms with van der Waals surface area (Å²) in [5, 5.41) is 30.2. The lowest BCUT2D eigenvalue weighted by molar-refractivity contribution is -0.163. The minimum atomic E-state index is -1.76. The number of ketones is 1. The summed E-state index contributed by atoms with van der Waals surface area (Å²) in [5.74, 6) is -10.3. The average Bonchev–Trinajstić information content (AvgIpc) is 4.13. The first kappa shape index (κ1) is 65.4. The van der Waals surface area contributed by atoms with Gasteiger partial charge < -0.3 is 60.0 Å². The van der Waals surface area contributed by atoms with Crippen LogP contribution >= 0.6 is 0 Å². The Morgan fingerprint density at radius 2 is 1.49 bits per heavy atom. The number of carbonyl (C=O) groups is 10. The summed E-state index contributed by atoms with van der Waals surface area (Å²) in [4.78, 5) is 149. The van der Waals surface area contributed by atoms with Crippen LogP contribution < -0.4 is 20.7 Å². The molecular formula is C57H89N7O15. The van der Waals surface area contributed by atoms with Gasteiger partial charge in [-0.25, -0.2) is 4.79 Å². The molecule has 0 spiro atoms. The predicted molar refractivity (Wildman–Crippen MR) is 290 cm³/mol. The quantitative estimate of drug-likeness (QED) is 0.124. The zero-order chi connectivity index (χ0) is 59.3. The fourth-order valence-corrected chi connectivity index (χ4v) is 10.5. The number of aliphatic hydroxyl groups is 2. The highest BCUT2D eigenvalue weighted by Gasteiger charge is 2.46. The summed E-state index contributed by atoms with van der Waals surface area (Å²) in [6, 6.07) is -2.19. The van der Waals surface area contributed by atoms with E-state index in [0.717, 1.165) is 0 Å². The number of likely N-dealkylation sites (N-methyl/N-ethyl adjacent to an activating group) is 2. The molecule has 1 aromatic rings. The molecule has 22 heteroatoms. The molecule has 442 valence electrons. The molecular weight excluding hydrogens is 1020 g/mol. The van der Waals surface area contributed by atoms with Crippen molar-refractivity contribution >= 4 is 59.1 Å². The van der Waals surface area contributed by atoms with Crippen LogP contribution in [0.1, 0.15) is 133 Å². The third-order valence-corrected chi connectivity index (χ3v) is 15.5. The number of hydrogen-bond acceptors (Lipinski definition) is 15. The Bertz CT molecular complexity index is 2330. The van der Waals surface area contributed by atoms with Crippen LogP contribution in [0.2, 0.25) is 0 Å². The van der Waals surface area contributed by atoms with Crippen LogP contribution in [0.3, 0.4) is 0 Å². The first-order valence-corrected chi connectivity index (χ1v) is 28.0. The molecule has 3 fully saturated rings.